The number of nitrogens with zero attached hydrogens (tertiary/aromatic N) is 3. The smallest absolute Gasteiger partial charge is 0.271 e. The van der Waals surface area contributed by atoms with E-state index in [0.29, 0.717) is 12.2 Å². The topological polar surface area (TPSA) is 49.6 Å². The van der Waals surface area contributed by atoms with Crippen molar-refractivity contribution in [2.24, 2.45) is 0 Å². The maximum absolute atomic E-state index is 12.0. The van der Waals surface area contributed by atoms with Gasteiger partial charge in [-0.1, -0.05) is 6.07 Å². The summed E-state index contributed by atoms with van der Waals surface area (Å²) in [6.45, 7) is 3.63. The molecule has 0 unspecified atom stereocenters. The molecular weight excluding hydrogens is 240 g/mol. The molecule has 0 saturated heterocycles. The minimum atomic E-state index is -0.109. The zero-order valence-electron chi connectivity index (χ0n) is 11.7. The molecule has 19 heavy (non-hydrogen) atoms. The van der Waals surface area contributed by atoms with Gasteiger partial charge in [0, 0.05) is 18.4 Å². The third-order valence-electron chi connectivity index (χ3n) is 3.00. The number of nitrogens with one attached hydrogen (secondary N) is 1. The Morgan fingerprint density at radius 3 is 2.89 bits per heavy atom. The van der Waals surface area contributed by atoms with Crippen molar-refractivity contribution in [3.8, 4) is 0 Å². The van der Waals surface area contributed by atoms with E-state index >= 15 is 0 Å². The van der Waals surface area contributed by atoms with Crippen molar-refractivity contribution in [2.45, 2.75) is 13.3 Å². The third kappa shape index (κ3) is 3.32. The van der Waals surface area contributed by atoms with Gasteiger partial charge in [-0.3, -0.25) is 4.79 Å². The summed E-state index contributed by atoms with van der Waals surface area (Å²) in [5.74, 6) is -0.109. The van der Waals surface area contributed by atoms with Crippen LogP contribution in [0.4, 0.5) is 0 Å². The van der Waals surface area contributed by atoms with Crippen molar-refractivity contribution in [1.82, 2.24) is 19.6 Å². The van der Waals surface area contributed by atoms with E-state index in [1.54, 1.807) is 6.20 Å². The summed E-state index contributed by atoms with van der Waals surface area (Å²) in [6.07, 6.45) is 2.72. The molecule has 0 atom stereocenters. The highest BCUT2D eigenvalue weighted by molar-refractivity contribution is 5.92. The minimum Gasteiger partial charge on any atom is -0.351 e. The van der Waals surface area contributed by atoms with Crippen molar-refractivity contribution in [1.29, 1.82) is 0 Å². The van der Waals surface area contributed by atoms with Gasteiger partial charge in [-0.05, 0) is 46.1 Å². The van der Waals surface area contributed by atoms with E-state index in [2.05, 4.69) is 15.2 Å². The molecule has 0 aromatic carbocycles. The molecular formula is C14H20N4O. The van der Waals surface area contributed by atoms with Crippen LogP contribution in [0.3, 0.4) is 0 Å². The molecule has 2 rings (SSSR count). The first-order valence-electron chi connectivity index (χ1n) is 6.45. The Kier molecular flexibility index (Phi) is 4.16. The predicted molar refractivity (Wildman–Crippen MR) is 75.4 cm³/mol. The third-order valence-corrected chi connectivity index (χ3v) is 3.00. The molecule has 2 heterocycles. The van der Waals surface area contributed by atoms with E-state index in [-0.39, 0.29) is 5.91 Å². The highest BCUT2D eigenvalue weighted by Crippen LogP contribution is 2.08. The van der Waals surface area contributed by atoms with Crippen LogP contribution in [0, 0.1) is 6.92 Å². The van der Waals surface area contributed by atoms with Gasteiger partial charge in [0.2, 0.25) is 0 Å². The van der Waals surface area contributed by atoms with E-state index in [1.807, 2.05) is 43.6 Å². The fourth-order valence-corrected chi connectivity index (χ4v) is 1.95. The van der Waals surface area contributed by atoms with E-state index < -0.39 is 0 Å². The number of pyridine rings is 1. The van der Waals surface area contributed by atoms with Crippen LogP contribution in [0.1, 0.15) is 22.6 Å². The van der Waals surface area contributed by atoms with Crippen LogP contribution in [0.5, 0.6) is 0 Å². The molecule has 0 saturated carbocycles. The number of carbonyl (C=O) groups is 1. The molecule has 1 N–H and O–H groups in total. The molecule has 0 bridgehead atoms. The predicted octanol–water partition coefficient (Wildman–Crippen LogP) is 1.32. The minimum absolute atomic E-state index is 0.109. The quantitative estimate of drug-likeness (QED) is 0.825. The molecule has 1 amide bonds. The Morgan fingerprint density at radius 1 is 1.42 bits per heavy atom. The largest absolute Gasteiger partial charge is 0.351 e. The van der Waals surface area contributed by atoms with Crippen LogP contribution in [0.2, 0.25) is 0 Å². The van der Waals surface area contributed by atoms with Crippen LogP contribution in [-0.2, 0) is 0 Å². The lowest BCUT2D eigenvalue weighted by molar-refractivity contribution is 0.0948. The Morgan fingerprint density at radius 2 is 2.21 bits per heavy atom. The molecule has 0 aliphatic heterocycles. The summed E-state index contributed by atoms with van der Waals surface area (Å²) in [5.41, 5.74) is 2.34. The summed E-state index contributed by atoms with van der Waals surface area (Å²) in [4.78, 5) is 18.4. The number of carbonyl (C=O) groups excluding carboxylic acids is 1. The molecule has 0 fully saturated rings. The van der Waals surface area contributed by atoms with E-state index in [1.165, 1.54) is 0 Å². The maximum Gasteiger partial charge on any atom is 0.271 e. The number of hydrogen-bond acceptors (Lipinski definition) is 3. The molecule has 2 aromatic rings. The summed E-state index contributed by atoms with van der Waals surface area (Å²) >= 11 is 0. The normalized spacial score (nSPS) is 11.2. The molecule has 0 radical (unpaired) electrons. The van der Waals surface area contributed by atoms with Gasteiger partial charge in [0.05, 0.1) is 0 Å². The van der Waals surface area contributed by atoms with Gasteiger partial charge in [0.15, 0.2) is 0 Å². The Hall–Kier alpha value is -1.88. The van der Waals surface area contributed by atoms with Crippen LogP contribution >= 0.6 is 0 Å². The number of imidazole rings is 1. The molecule has 2 aromatic heterocycles. The maximum atomic E-state index is 12.0. The average molecular weight is 260 g/mol. The van der Waals surface area contributed by atoms with Gasteiger partial charge in [-0.15, -0.1) is 0 Å². The lowest BCUT2D eigenvalue weighted by atomic mass is 10.3. The molecule has 102 valence electrons. The lowest BCUT2D eigenvalue weighted by Gasteiger charge is -2.09. The van der Waals surface area contributed by atoms with E-state index in [9.17, 15) is 4.79 Å². The van der Waals surface area contributed by atoms with Gasteiger partial charge in [-0.25, -0.2) is 4.98 Å². The Bertz CT molecular complexity index is 574. The van der Waals surface area contributed by atoms with Gasteiger partial charge in [0.25, 0.3) is 5.91 Å². The van der Waals surface area contributed by atoms with Gasteiger partial charge < -0.3 is 14.6 Å². The molecule has 5 nitrogen and oxygen atoms in total. The van der Waals surface area contributed by atoms with Gasteiger partial charge in [0.1, 0.15) is 11.3 Å². The first kappa shape index (κ1) is 13.5. The zero-order chi connectivity index (χ0) is 13.8. The van der Waals surface area contributed by atoms with E-state index in [0.717, 1.165) is 24.3 Å². The number of fused-ring (bicyclic) bond motifs is 1. The summed E-state index contributed by atoms with van der Waals surface area (Å²) in [6, 6.07) is 5.83. The second kappa shape index (κ2) is 5.84. The van der Waals surface area contributed by atoms with Gasteiger partial charge >= 0.3 is 0 Å². The molecule has 5 heteroatoms. The average Bonchev–Trinajstić information content (AvgIpc) is 2.79. The van der Waals surface area contributed by atoms with Crippen molar-refractivity contribution in [3.63, 3.8) is 0 Å². The fourth-order valence-electron chi connectivity index (χ4n) is 1.95. The van der Waals surface area contributed by atoms with Crippen molar-refractivity contribution >= 4 is 11.6 Å². The standard InChI is InChI=1S/C14H20N4O/c1-11-6-4-7-13-16-12(10-18(11)13)14(19)15-8-5-9-17(2)3/h4,6-7,10H,5,8-9H2,1-3H3,(H,15,19). The summed E-state index contributed by atoms with van der Waals surface area (Å²) in [7, 11) is 4.04. The van der Waals surface area contributed by atoms with Crippen LogP contribution in [-0.4, -0.2) is 47.4 Å². The number of aromatic nitrogens is 2. The highest BCUT2D eigenvalue weighted by Gasteiger charge is 2.10. The van der Waals surface area contributed by atoms with Crippen LogP contribution < -0.4 is 5.32 Å². The monoisotopic (exact) mass is 260 g/mol. The van der Waals surface area contributed by atoms with Crippen molar-refractivity contribution in [3.05, 3.63) is 35.8 Å². The Labute approximate surface area is 113 Å². The lowest BCUT2D eigenvalue weighted by Crippen LogP contribution is -2.27. The molecule has 0 aliphatic rings. The number of hydrogen-bond donors (Lipinski definition) is 1. The highest BCUT2D eigenvalue weighted by atomic mass is 16.1. The fraction of sp³-hybridized carbons (Fsp3) is 0.429. The number of rotatable bonds is 5. The molecule has 0 spiro atoms. The van der Waals surface area contributed by atoms with Gasteiger partial charge in [-0.2, -0.15) is 0 Å². The second-order valence-electron chi connectivity index (χ2n) is 4.93. The first-order chi connectivity index (χ1) is 9.08. The van der Waals surface area contributed by atoms with E-state index in [4.69, 9.17) is 0 Å². The zero-order valence-corrected chi connectivity index (χ0v) is 11.7. The van der Waals surface area contributed by atoms with Crippen molar-refractivity contribution in [2.75, 3.05) is 27.2 Å². The summed E-state index contributed by atoms with van der Waals surface area (Å²) in [5, 5.41) is 2.89. The van der Waals surface area contributed by atoms with Crippen molar-refractivity contribution < 1.29 is 4.79 Å². The number of amides is 1. The van der Waals surface area contributed by atoms with Crippen LogP contribution in [0.15, 0.2) is 24.4 Å². The molecule has 0 aliphatic carbocycles. The number of aryl methyl sites for hydroxylation is 1. The first-order valence-corrected chi connectivity index (χ1v) is 6.45. The SMILES string of the molecule is Cc1cccc2nc(C(=O)NCCCN(C)C)cn12. The second-order valence-corrected chi connectivity index (χ2v) is 4.93. The van der Waals surface area contributed by atoms with Crippen LogP contribution in [0.25, 0.3) is 5.65 Å². The summed E-state index contributed by atoms with van der Waals surface area (Å²) < 4.78 is 1.93. The Balaban J connectivity index is 2.00.